The van der Waals surface area contributed by atoms with E-state index in [0.717, 1.165) is 25.7 Å². The molecule has 1 aliphatic carbocycles. The van der Waals surface area contributed by atoms with Crippen LogP contribution in [0.2, 0.25) is 0 Å². The van der Waals surface area contributed by atoms with Gasteiger partial charge in [-0.1, -0.05) is 31.4 Å². The summed E-state index contributed by atoms with van der Waals surface area (Å²) < 4.78 is 27.0. The average Bonchev–Trinajstić information content (AvgIpc) is 2.47. The van der Waals surface area contributed by atoms with Gasteiger partial charge in [-0.25, -0.2) is 8.42 Å². The number of nitrogens with one attached hydrogen (secondary N) is 1. The Bertz CT molecular complexity index is 522. The molecule has 0 radical (unpaired) electrons. The van der Waals surface area contributed by atoms with E-state index >= 15 is 0 Å². The molecule has 0 heterocycles. The molecule has 19 heavy (non-hydrogen) atoms. The number of para-hydroxylation sites is 1. The Balaban J connectivity index is 2.30. The van der Waals surface area contributed by atoms with Crippen LogP contribution in [0.25, 0.3) is 0 Å². The Morgan fingerprint density at radius 1 is 1.16 bits per heavy atom. The van der Waals surface area contributed by atoms with Crippen LogP contribution in [0.1, 0.15) is 32.1 Å². The number of hydrogen-bond donors (Lipinski definition) is 1. The summed E-state index contributed by atoms with van der Waals surface area (Å²) in [6, 6.07) is 7.21. The van der Waals surface area contributed by atoms with Crippen molar-refractivity contribution in [3.63, 3.8) is 0 Å². The van der Waals surface area contributed by atoms with E-state index in [1.807, 2.05) is 6.07 Å². The lowest BCUT2D eigenvalue weighted by molar-refractivity contribution is 0.286. The third-order valence-corrected chi connectivity index (χ3v) is 5.87. The molecule has 1 aromatic rings. The molecule has 1 N–H and O–H groups in total. The van der Waals surface area contributed by atoms with Gasteiger partial charge < -0.3 is 5.32 Å². The fourth-order valence-electron chi connectivity index (χ4n) is 2.69. The largest absolute Gasteiger partial charge is 0.387 e. The van der Waals surface area contributed by atoms with Gasteiger partial charge in [0.2, 0.25) is 10.0 Å². The number of rotatable bonds is 4. The second-order valence-electron chi connectivity index (χ2n) is 5.06. The predicted molar refractivity (Wildman–Crippen MR) is 77.8 cm³/mol. The highest BCUT2D eigenvalue weighted by atomic mass is 32.2. The molecule has 1 aliphatic rings. The molecule has 0 atom stereocenters. The molecular formula is C14H22N2O2S. The molecule has 4 nitrogen and oxygen atoms in total. The van der Waals surface area contributed by atoms with Crippen LogP contribution in [-0.2, 0) is 10.0 Å². The molecule has 0 amide bonds. The summed E-state index contributed by atoms with van der Waals surface area (Å²) in [4.78, 5) is 0.366. The Morgan fingerprint density at radius 2 is 1.79 bits per heavy atom. The normalized spacial score (nSPS) is 17.6. The molecule has 0 spiro atoms. The topological polar surface area (TPSA) is 49.4 Å². The van der Waals surface area contributed by atoms with Crippen LogP contribution in [0.4, 0.5) is 5.69 Å². The Hall–Kier alpha value is -1.07. The smallest absolute Gasteiger partial charge is 0.245 e. The van der Waals surface area contributed by atoms with Crippen LogP contribution in [-0.4, -0.2) is 32.9 Å². The summed E-state index contributed by atoms with van der Waals surface area (Å²) >= 11 is 0. The maximum atomic E-state index is 12.7. The van der Waals surface area contributed by atoms with E-state index in [-0.39, 0.29) is 6.04 Å². The van der Waals surface area contributed by atoms with Gasteiger partial charge in [-0.05, 0) is 25.0 Å². The highest BCUT2D eigenvalue weighted by molar-refractivity contribution is 7.89. The SMILES string of the molecule is CNc1ccccc1S(=O)(=O)N(C)C1CCCCC1. The van der Waals surface area contributed by atoms with Gasteiger partial charge in [-0.15, -0.1) is 0 Å². The van der Waals surface area contributed by atoms with E-state index in [1.165, 1.54) is 6.42 Å². The van der Waals surface area contributed by atoms with Crippen molar-refractivity contribution in [2.24, 2.45) is 0 Å². The molecule has 0 bridgehead atoms. The first-order chi connectivity index (χ1) is 9.07. The van der Waals surface area contributed by atoms with Gasteiger partial charge in [0, 0.05) is 20.1 Å². The molecule has 0 saturated heterocycles. The second-order valence-corrected chi connectivity index (χ2v) is 7.03. The molecule has 1 aromatic carbocycles. The van der Waals surface area contributed by atoms with Crippen molar-refractivity contribution in [1.82, 2.24) is 4.31 Å². The van der Waals surface area contributed by atoms with Crippen LogP contribution < -0.4 is 5.32 Å². The van der Waals surface area contributed by atoms with Gasteiger partial charge in [-0.2, -0.15) is 4.31 Å². The van der Waals surface area contributed by atoms with Crippen molar-refractivity contribution in [3.05, 3.63) is 24.3 Å². The van der Waals surface area contributed by atoms with Crippen molar-refractivity contribution >= 4 is 15.7 Å². The minimum atomic E-state index is -3.41. The summed E-state index contributed by atoms with van der Waals surface area (Å²) in [5, 5.41) is 2.95. The van der Waals surface area contributed by atoms with Crippen LogP contribution in [0.5, 0.6) is 0 Å². The first kappa shape index (κ1) is 14.3. The minimum Gasteiger partial charge on any atom is -0.387 e. The quantitative estimate of drug-likeness (QED) is 0.923. The Kier molecular flexibility index (Phi) is 4.47. The number of benzene rings is 1. The zero-order valence-electron chi connectivity index (χ0n) is 11.6. The van der Waals surface area contributed by atoms with E-state index in [4.69, 9.17) is 0 Å². The standard InChI is InChI=1S/C14H22N2O2S/c1-15-13-10-6-7-11-14(13)19(17,18)16(2)12-8-4-3-5-9-12/h6-7,10-12,15H,3-5,8-9H2,1-2H3. The molecule has 2 rings (SSSR count). The second kappa shape index (κ2) is 5.92. The molecule has 0 aliphatic heterocycles. The predicted octanol–water partition coefficient (Wildman–Crippen LogP) is 2.68. The summed E-state index contributed by atoms with van der Waals surface area (Å²) in [6.45, 7) is 0. The lowest BCUT2D eigenvalue weighted by atomic mass is 9.96. The van der Waals surface area contributed by atoms with Gasteiger partial charge in [0.25, 0.3) is 0 Å². The van der Waals surface area contributed by atoms with Gasteiger partial charge in [-0.3, -0.25) is 0 Å². The molecule has 1 fully saturated rings. The lowest BCUT2D eigenvalue weighted by Gasteiger charge is -2.30. The number of sulfonamides is 1. The van der Waals surface area contributed by atoms with E-state index in [0.29, 0.717) is 10.6 Å². The zero-order valence-corrected chi connectivity index (χ0v) is 12.4. The number of nitrogens with zero attached hydrogens (tertiary/aromatic N) is 1. The first-order valence-corrected chi connectivity index (χ1v) is 8.26. The van der Waals surface area contributed by atoms with Gasteiger partial charge in [0.15, 0.2) is 0 Å². The maximum Gasteiger partial charge on any atom is 0.245 e. The lowest BCUT2D eigenvalue weighted by Crippen LogP contribution is -2.38. The van der Waals surface area contributed by atoms with Gasteiger partial charge >= 0.3 is 0 Å². The highest BCUT2D eigenvalue weighted by Crippen LogP contribution is 2.29. The first-order valence-electron chi connectivity index (χ1n) is 6.82. The summed E-state index contributed by atoms with van der Waals surface area (Å²) in [5.41, 5.74) is 0.658. The van der Waals surface area contributed by atoms with Gasteiger partial charge in [0.05, 0.1) is 5.69 Å². The Labute approximate surface area is 115 Å². The van der Waals surface area contributed by atoms with E-state index in [1.54, 1.807) is 36.6 Å². The van der Waals surface area contributed by atoms with Crippen LogP contribution in [0, 0.1) is 0 Å². The van der Waals surface area contributed by atoms with Crippen LogP contribution >= 0.6 is 0 Å². The molecule has 106 valence electrons. The number of anilines is 1. The van der Waals surface area contributed by atoms with Crippen molar-refractivity contribution in [2.75, 3.05) is 19.4 Å². The van der Waals surface area contributed by atoms with Crippen molar-refractivity contribution in [3.8, 4) is 0 Å². The molecule has 0 unspecified atom stereocenters. The zero-order chi connectivity index (χ0) is 13.9. The van der Waals surface area contributed by atoms with Crippen LogP contribution in [0.15, 0.2) is 29.2 Å². The summed E-state index contributed by atoms with van der Waals surface area (Å²) in [5.74, 6) is 0. The fraction of sp³-hybridized carbons (Fsp3) is 0.571. The number of hydrogen-bond acceptors (Lipinski definition) is 3. The molecule has 0 aromatic heterocycles. The van der Waals surface area contributed by atoms with Gasteiger partial charge in [0.1, 0.15) is 4.90 Å². The molecule has 1 saturated carbocycles. The molecule has 5 heteroatoms. The third-order valence-electron chi connectivity index (χ3n) is 3.90. The maximum absolute atomic E-state index is 12.7. The summed E-state index contributed by atoms with van der Waals surface area (Å²) in [6.07, 6.45) is 5.41. The Morgan fingerprint density at radius 3 is 2.42 bits per heavy atom. The van der Waals surface area contributed by atoms with Crippen molar-refractivity contribution in [1.29, 1.82) is 0 Å². The van der Waals surface area contributed by atoms with E-state index < -0.39 is 10.0 Å². The van der Waals surface area contributed by atoms with Crippen molar-refractivity contribution < 1.29 is 8.42 Å². The highest BCUT2D eigenvalue weighted by Gasteiger charge is 2.30. The van der Waals surface area contributed by atoms with Crippen molar-refractivity contribution in [2.45, 2.75) is 43.0 Å². The van der Waals surface area contributed by atoms with E-state index in [2.05, 4.69) is 5.32 Å². The van der Waals surface area contributed by atoms with Crippen LogP contribution in [0.3, 0.4) is 0 Å². The molecular weight excluding hydrogens is 260 g/mol. The third kappa shape index (κ3) is 2.92. The monoisotopic (exact) mass is 282 g/mol. The summed E-state index contributed by atoms with van der Waals surface area (Å²) in [7, 11) is 0.0406. The minimum absolute atomic E-state index is 0.142. The fourth-order valence-corrected chi connectivity index (χ4v) is 4.31. The van der Waals surface area contributed by atoms with E-state index in [9.17, 15) is 8.42 Å². The average molecular weight is 282 g/mol.